The number of nitrogens with one attached hydrogen (secondary N) is 2. The van der Waals surface area contributed by atoms with Crippen molar-refractivity contribution in [2.45, 2.75) is 5.92 Å². The number of aromatic amines is 2. The highest BCUT2D eigenvalue weighted by Crippen LogP contribution is 2.44. The summed E-state index contributed by atoms with van der Waals surface area (Å²) in [5, 5.41) is 25.8. The van der Waals surface area contributed by atoms with Crippen molar-refractivity contribution in [2.24, 2.45) is 5.73 Å². The molecular formula is C34H30Br2N6O9. The third-order valence-corrected chi connectivity index (χ3v) is 7.61. The third-order valence-electron chi connectivity index (χ3n) is 6.43. The van der Waals surface area contributed by atoms with Gasteiger partial charge in [0.1, 0.15) is 35.5 Å². The number of carbonyl (C=O) groups excluding carboxylic acids is 1. The number of nitrogens with zero attached hydrogens (tertiary/aromatic N) is 3. The van der Waals surface area contributed by atoms with E-state index in [9.17, 15) is 19.6 Å². The van der Waals surface area contributed by atoms with E-state index in [4.69, 9.17) is 46.4 Å². The standard InChI is InChI=1S/C17H14BrN3O4.C9H9BrO3.C5H5NO2.C3H2N2/c1-23-12-6-8(5-10(18)15(12)24-2)13-9(7-19)16(20)25-11-3-4-21-17(22)14(11)13;1-12-8-4-6(5-11)3-7(10)9(8)13-2;7-4-1-2-6-5(8)3-4;1-5-3-2-4/h3-6,13H,20H2,1-2H3,(H,21,22);3-5H,1-2H3;1-3H,(H2,6,7,8);3H2. The van der Waals surface area contributed by atoms with Crippen molar-refractivity contribution >= 4 is 38.1 Å². The maximum Gasteiger partial charge on any atom is 0.298 e. The average Bonchev–Trinajstić information content (AvgIpc) is 3.11. The number of halogens is 2. The lowest BCUT2D eigenvalue weighted by Crippen LogP contribution is -2.27. The van der Waals surface area contributed by atoms with E-state index in [0.29, 0.717) is 54.4 Å². The minimum atomic E-state index is -0.685. The summed E-state index contributed by atoms with van der Waals surface area (Å²) in [4.78, 5) is 40.9. The van der Waals surface area contributed by atoms with Crippen molar-refractivity contribution < 1.29 is 33.6 Å². The zero-order valence-corrected chi connectivity index (χ0v) is 30.6. The summed E-state index contributed by atoms with van der Waals surface area (Å²) in [6, 6.07) is 14.6. The zero-order valence-electron chi connectivity index (χ0n) is 27.4. The molecule has 0 radical (unpaired) electrons. The molecule has 2 aromatic carbocycles. The van der Waals surface area contributed by atoms with E-state index in [1.165, 1.54) is 39.8 Å². The second-order valence-electron chi connectivity index (χ2n) is 9.49. The van der Waals surface area contributed by atoms with Gasteiger partial charge in [-0.3, -0.25) is 14.4 Å². The number of nitriles is 2. The van der Waals surface area contributed by atoms with Crippen LogP contribution in [-0.4, -0.2) is 56.3 Å². The SMILES string of the molecule is COc1cc(C2C(C#N)=C(N)Oc3cc[nH]c(=O)c32)cc(Br)c1OC.COc1cc(C=O)cc(Br)c1OC.O=c1cc(O)cc[nH]1.[C-]#[N+]CC#N. The molecule has 1 aliphatic heterocycles. The molecule has 0 fully saturated rings. The number of aromatic nitrogens is 2. The van der Waals surface area contributed by atoms with Gasteiger partial charge in [-0.2, -0.15) is 10.5 Å². The number of benzene rings is 2. The highest BCUT2D eigenvalue weighted by Gasteiger charge is 2.34. The van der Waals surface area contributed by atoms with Crippen molar-refractivity contribution in [3.63, 3.8) is 0 Å². The molecule has 0 spiro atoms. The Morgan fingerprint density at radius 2 is 1.57 bits per heavy atom. The molecule has 15 nitrogen and oxygen atoms in total. The van der Waals surface area contributed by atoms with Crippen LogP contribution in [0.25, 0.3) is 4.85 Å². The van der Waals surface area contributed by atoms with Gasteiger partial charge in [-0.25, -0.2) is 6.57 Å². The molecule has 1 unspecified atom stereocenters. The predicted octanol–water partition coefficient (Wildman–Crippen LogP) is 5.16. The van der Waals surface area contributed by atoms with Gasteiger partial charge in [-0.1, -0.05) is 0 Å². The number of hydrogen-bond donors (Lipinski definition) is 4. The smallest absolute Gasteiger partial charge is 0.298 e. The largest absolute Gasteiger partial charge is 0.508 e. The van der Waals surface area contributed by atoms with Crippen LogP contribution in [0, 0.1) is 29.2 Å². The number of aromatic hydroxyl groups is 1. The Hall–Kier alpha value is -6.22. The quantitative estimate of drug-likeness (QED) is 0.112. The van der Waals surface area contributed by atoms with Crippen molar-refractivity contribution in [1.29, 1.82) is 10.5 Å². The lowest BCUT2D eigenvalue weighted by Gasteiger charge is -2.26. The number of hydrogen-bond acceptors (Lipinski definition) is 12. The Morgan fingerprint density at radius 3 is 2.04 bits per heavy atom. The molecule has 0 aliphatic carbocycles. The van der Waals surface area contributed by atoms with Crippen molar-refractivity contribution in [3.05, 3.63) is 124 Å². The number of fused-ring (bicyclic) bond motifs is 1. The first-order valence-electron chi connectivity index (χ1n) is 14.1. The van der Waals surface area contributed by atoms with Gasteiger partial charge in [0.25, 0.3) is 17.7 Å². The molecule has 0 saturated carbocycles. The number of allylic oxidation sites excluding steroid dienone is 1. The van der Waals surface area contributed by atoms with E-state index in [1.54, 1.807) is 43.5 Å². The van der Waals surface area contributed by atoms with Crippen LogP contribution in [0.3, 0.4) is 0 Å². The summed E-state index contributed by atoms with van der Waals surface area (Å²) in [6.07, 6.45) is 3.61. The van der Waals surface area contributed by atoms with Gasteiger partial charge in [0.05, 0.1) is 48.9 Å². The predicted molar refractivity (Wildman–Crippen MR) is 192 cm³/mol. The molecule has 0 amide bonds. The van der Waals surface area contributed by atoms with Gasteiger partial charge in [0.15, 0.2) is 23.0 Å². The van der Waals surface area contributed by atoms with E-state index < -0.39 is 5.92 Å². The van der Waals surface area contributed by atoms with Crippen molar-refractivity contribution in [3.8, 4) is 46.6 Å². The van der Waals surface area contributed by atoms with Gasteiger partial charge in [0.2, 0.25) is 5.88 Å². The fraction of sp³-hybridized carbons (Fsp3) is 0.176. The molecule has 3 heterocycles. The molecular weight excluding hydrogens is 796 g/mol. The first-order valence-corrected chi connectivity index (χ1v) is 15.7. The Bertz CT molecular complexity index is 2120. The van der Waals surface area contributed by atoms with Gasteiger partial charge in [-0.05, 0) is 73.8 Å². The molecule has 4 aromatic rings. The molecule has 2 aromatic heterocycles. The van der Waals surface area contributed by atoms with Crippen LogP contribution in [0.15, 0.2) is 84.8 Å². The summed E-state index contributed by atoms with van der Waals surface area (Å²) in [6.45, 7) is 5.99. The molecule has 1 aliphatic rings. The highest BCUT2D eigenvalue weighted by atomic mass is 79.9. The van der Waals surface area contributed by atoms with Crippen LogP contribution in [0.2, 0.25) is 0 Å². The van der Waals surface area contributed by atoms with Gasteiger partial charge in [0, 0.05) is 24.0 Å². The van der Waals surface area contributed by atoms with Crippen LogP contribution in [-0.2, 0) is 0 Å². The second kappa shape index (κ2) is 20.3. The van der Waals surface area contributed by atoms with Crippen molar-refractivity contribution in [2.75, 3.05) is 35.0 Å². The fourth-order valence-electron chi connectivity index (χ4n) is 4.33. The van der Waals surface area contributed by atoms with Crippen LogP contribution >= 0.6 is 31.9 Å². The number of methoxy groups -OCH3 is 4. The average molecular weight is 826 g/mol. The minimum Gasteiger partial charge on any atom is -0.508 e. The Balaban J connectivity index is 0.000000287. The topological polar surface area (TPSA) is 227 Å². The summed E-state index contributed by atoms with van der Waals surface area (Å²) in [5.41, 5.74) is 6.92. The van der Waals surface area contributed by atoms with Gasteiger partial charge >= 0.3 is 0 Å². The Morgan fingerprint density at radius 1 is 0.961 bits per heavy atom. The van der Waals surface area contributed by atoms with E-state index in [0.717, 1.165) is 12.4 Å². The van der Waals surface area contributed by atoms with E-state index in [-0.39, 0.29) is 34.9 Å². The fourth-order valence-corrected chi connectivity index (χ4v) is 5.57. The number of pyridine rings is 2. The molecule has 264 valence electrons. The maximum atomic E-state index is 12.4. The molecule has 51 heavy (non-hydrogen) atoms. The van der Waals surface area contributed by atoms with Gasteiger partial charge < -0.3 is 49.3 Å². The zero-order chi connectivity index (χ0) is 38.1. The molecule has 0 bridgehead atoms. The molecule has 17 heteroatoms. The first-order chi connectivity index (χ1) is 24.4. The third kappa shape index (κ3) is 10.9. The van der Waals surface area contributed by atoms with Crippen LogP contribution in [0.1, 0.15) is 27.4 Å². The molecule has 5 N–H and O–H groups in total. The maximum absolute atomic E-state index is 12.4. The number of nitrogens with two attached hydrogens (primary N) is 1. The van der Waals surface area contributed by atoms with Gasteiger partial charge in [-0.15, -0.1) is 0 Å². The highest BCUT2D eigenvalue weighted by molar-refractivity contribution is 9.11. The Labute approximate surface area is 308 Å². The number of aldehydes is 1. The number of ether oxygens (including phenoxy) is 5. The lowest BCUT2D eigenvalue weighted by molar-refractivity contribution is 0.112. The lowest BCUT2D eigenvalue weighted by atomic mass is 9.84. The Kier molecular flexibility index (Phi) is 16.3. The van der Waals surface area contributed by atoms with Crippen LogP contribution in [0.4, 0.5) is 0 Å². The molecule has 0 saturated heterocycles. The number of H-pyrrole nitrogens is 2. The van der Waals surface area contributed by atoms with Crippen LogP contribution in [0.5, 0.6) is 34.5 Å². The van der Waals surface area contributed by atoms with Crippen molar-refractivity contribution in [1.82, 2.24) is 9.97 Å². The summed E-state index contributed by atoms with van der Waals surface area (Å²) in [7, 11) is 6.10. The normalized spacial score (nSPS) is 12.0. The minimum absolute atomic E-state index is 0.00579. The van der Waals surface area contributed by atoms with E-state index in [2.05, 4.69) is 46.7 Å². The number of rotatable bonds is 6. The van der Waals surface area contributed by atoms with Crippen LogP contribution < -0.4 is 40.5 Å². The van der Waals surface area contributed by atoms with E-state index in [1.807, 2.05) is 6.07 Å². The molecule has 1 atom stereocenters. The van der Waals surface area contributed by atoms with E-state index >= 15 is 0 Å². The first kappa shape index (κ1) is 41.0. The molecule has 5 rings (SSSR count). The summed E-state index contributed by atoms with van der Waals surface area (Å²) >= 11 is 6.70. The summed E-state index contributed by atoms with van der Waals surface area (Å²) < 4.78 is 27.6. The monoisotopic (exact) mass is 824 g/mol. The summed E-state index contributed by atoms with van der Waals surface area (Å²) in [5.74, 6) is 1.70. The number of carbonyl (C=O) groups is 1. The second-order valence-corrected chi connectivity index (χ2v) is 11.2.